The van der Waals surface area contributed by atoms with Crippen LogP contribution < -0.4 is 5.56 Å². The molecule has 88 valence electrons. The normalized spacial score (nSPS) is 10.7. The molecule has 0 bridgehead atoms. The number of rotatable bonds is 1. The number of aromatic hydroxyl groups is 1. The molecule has 17 heavy (non-hydrogen) atoms. The van der Waals surface area contributed by atoms with Gasteiger partial charge in [-0.3, -0.25) is 14.9 Å². The zero-order valence-electron chi connectivity index (χ0n) is 8.03. The average molecular weight is 366 g/mol. The van der Waals surface area contributed by atoms with E-state index in [1.165, 1.54) is 12.1 Å². The molecule has 2 N–H and O–H groups in total. The van der Waals surface area contributed by atoms with E-state index in [1.807, 2.05) is 22.6 Å². The number of aromatic amines is 1. The van der Waals surface area contributed by atoms with E-state index in [0.717, 1.165) is 0 Å². The van der Waals surface area contributed by atoms with E-state index in [-0.39, 0.29) is 10.9 Å². The van der Waals surface area contributed by atoms with Crippen molar-refractivity contribution in [2.45, 2.75) is 0 Å². The lowest BCUT2D eigenvalue weighted by atomic mass is 10.2. The maximum Gasteiger partial charge on any atom is 0.375 e. The molecule has 2 aromatic rings. The molecule has 0 aliphatic rings. The summed E-state index contributed by atoms with van der Waals surface area (Å²) in [4.78, 5) is 23.4. The van der Waals surface area contributed by atoms with Crippen molar-refractivity contribution in [2.75, 3.05) is 0 Å². The average Bonchev–Trinajstić information content (AvgIpc) is 2.21. The number of aromatic nitrogens is 1. The SMILES string of the molecule is O=c1[nH]c2cc(Cl)c(I)cc2c(O)c1[N+](=O)[O-]. The Labute approximate surface area is 113 Å². The van der Waals surface area contributed by atoms with Gasteiger partial charge in [0.2, 0.25) is 5.75 Å². The van der Waals surface area contributed by atoms with Gasteiger partial charge in [-0.25, -0.2) is 0 Å². The first kappa shape index (κ1) is 12.1. The molecule has 0 spiro atoms. The van der Waals surface area contributed by atoms with E-state index in [9.17, 15) is 20.0 Å². The molecule has 0 aliphatic carbocycles. The summed E-state index contributed by atoms with van der Waals surface area (Å²) in [6.07, 6.45) is 0. The summed E-state index contributed by atoms with van der Waals surface area (Å²) in [6, 6.07) is 2.90. The minimum Gasteiger partial charge on any atom is -0.501 e. The fourth-order valence-corrected chi connectivity index (χ4v) is 2.06. The lowest BCUT2D eigenvalue weighted by molar-refractivity contribution is -0.387. The lowest BCUT2D eigenvalue weighted by Crippen LogP contribution is -2.11. The summed E-state index contributed by atoms with van der Waals surface area (Å²) in [5.41, 5.74) is -1.57. The molecule has 0 fully saturated rings. The molecule has 0 aliphatic heterocycles. The van der Waals surface area contributed by atoms with Gasteiger partial charge in [-0.05, 0) is 34.7 Å². The number of H-pyrrole nitrogens is 1. The van der Waals surface area contributed by atoms with Crippen molar-refractivity contribution in [3.8, 4) is 5.75 Å². The van der Waals surface area contributed by atoms with Crippen LogP contribution in [-0.2, 0) is 0 Å². The summed E-state index contributed by atoms with van der Waals surface area (Å²) in [5, 5.41) is 20.9. The molecule has 0 unspecified atom stereocenters. The third kappa shape index (κ3) is 1.95. The number of benzene rings is 1. The Morgan fingerprint density at radius 3 is 2.71 bits per heavy atom. The first-order chi connectivity index (χ1) is 7.91. The number of halogens is 2. The second kappa shape index (κ2) is 4.15. The summed E-state index contributed by atoms with van der Waals surface area (Å²) < 4.78 is 0.619. The van der Waals surface area contributed by atoms with Crippen LogP contribution in [0.15, 0.2) is 16.9 Å². The molecular weight excluding hydrogens is 362 g/mol. The van der Waals surface area contributed by atoms with Crippen molar-refractivity contribution >= 4 is 50.8 Å². The van der Waals surface area contributed by atoms with Gasteiger partial charge in [-0.1, -0.05) is 11.6 Å². The van der Waals surface area contributed by atoms with Crippen LogP contribution in [0.4, 0.5) is 5.69 Å². The van der Waals surface area contributed by atoms with Gasteiger partial charge in [-0.15, -0.1) is 0 Å². The molecule has 0 atom stereocenters. The third-order valence-electron chi connectivity index (χ3n) is 2.19. The molecule has 0 saturated heterocycles. The van der Waals surface area contributed by atoms with Crippen LogP contribution in [0.2, 0.25) is 5.02 Å². The zero-order chi connectivity index (χ0) is 12.7. The number of nitro groups is 1. The van der Waals surface area contributed by atoms with Gasteiger partial charge in [-0.2, -0.15) is 0 Å². The number of pyridine rings is 1. The van der Waals surface area contributed by atoms with Gasteiger partial charge in [0.25, 0.3) is 0 Å². The van der Waals surface area contributed by atoms with E-state index in [1.54, 1.807) is 0 Å². The molecule has 0 radical (unpaired) electrons. The number of hydrogen-bond acceptors (Lipinski definition) is 4. The van der Waals surface area contributed by atoms with Crippen LogP contribution in [0, 0.1) is 13.7 Å². The second-order valence-corrected chi connectivity index (χ2v) is 4.79. The Kier molecular flexibility index (Phi) is 2.96. The number of nitrogens with one attached hydrogen (secondary N) is 1. The smallest absolute Gasteiger partial charge is 0.375 e. The Hall–Kier alpha value is -1.35. The van der Waals surface area contributed by atoms with Gasteiger partial charge in [0, 0.05) is 8.96 Å². The molecule has 1 aromatic heterocycles. The number of fused-ring (bicyclic) bond motifs is 1. The van der Waals surface area contributed by atoms with Crippen molar-refractivity contribution in [1.82, 2.24) is 4.98 Å². The van der Waals surface area contributed by atoms with Crippen molar-refractivity contribution in [1.29, 1.82) is 0 Å². The van der Waals surface area contributed by atoms with Crippen molar-refractivity contribution in [2.24, 2.45) is 0 Å². The Morgan fingerprint density at radius 2 is 2.12 bits per heavy atom. The Balaban J connectivity index is 2.97. The van der Waals surface area contributed by atoms with Gasteiger partial charge >= 0.3 is 11.2 Å². The quantitative estimate of drug-likeness (QED) is 0.460. The minimum absolute atomic E-state index is 0.185. The summed E-state index contributed by atoms with van der Waals surface area (Å²) in [6.45, 7) is 0. The van der Waals surface area contributed by atoms with Crippen LogP contribution in [0.25, 0.3) is 10.9 Å². The van der Waals surface area contributed by atoms with Crippen LogP contribution in [0.1, 0.15) is 0 Å². The summed E-state index contributed by atoms with van der Waals surface area (Å²) in [5.74, 6) is -0.650. The topological polar surface area (TPSA) is 96.2 Å². The van der Waals surface area contributed by atoms with Gasteiger partial charge in [0.15, 0.2) is 0 Å². The highest BCUT2D eigenvalue weighted by Gasteiger charge is 2.22. The molecular formula is C9H4ClIN2O4. The Morgan fingerprint density at radius 1 is 1.47 bits per heavy atom. The highest BCUT2D eigenvalue weighted by atomic mass is 127. The molecule has 8 heteroatoms. The van der Waals surface area contributed by atoms with Crippen LogP contribution in [-0.4, -0.2) is 15.0 Å². The number of nitrogens with zero attached hydrogens (tertiary/aromatic N) is 1. The number of hydrogen-bond donors (Lipinski definition) is 2. The molecule has 0 saturated carbocycles. The summed E-state index contributed by atoms with van der Waals surface area (Å²) in [7, 11) is 0. The van der Waals surface area contributed by atoms with Crippen molar-refractivity contribution < 1.29 is 10.0 Å². The van der Waals surface area contributed by atoms with Gasteiger partial charge < -0.3 is 10.1 Å². The standard InChI is InChI=1S/C9H4ClIN2O4/c10-4-2-6-3(1-5(4)11)8(14)7(13(16)17)9(15)12-6/h1-2H,(H2,12,14,15). The predicted octanol–water partition coefficient (Wildman–Crippen LogP) is 2.40. The van der Waals surface area contributed by atoms with Crippen LogP contribution in [0.3, 0.4) is 0 Å². The fourth-order valence-electron chi connectivity index (χ4n) is 1.43. The Bertz CT molecular complexity index is 697. The summed E-state index contributed by atoms with van der Waals surface area (Å²) >= 11 is 7.77. The largest absolute Gasteiger partial charge is 0.501 e. The zero-order valence-corrected chi connectivity index (χ0v) is 10.9. The maximum absolute atomic E-state index is 11.4. The van der Waals surface area contributed by atoms with Gasteiger partial charge in [0.05, 0.1) is 15.5 Å². The van der Waals surface area contributed by atoms with E-state index in [4.69, 9.17) is 11.6 Å². The van der Waals surface area contributed by atoms with Gasteiger partial charge in [0.1, 0.15) is 0 Å². The van der Waals surface area contributed by atoms with Crippen LogP contribution >= 0.6 is 34.2 Å². The first-order valence-corrected chi connectivity index (χ1v) is 5.76. The molecule has 2 rings (SSSR count). The molecule has 1 heterocycles. The highest BCUT2D eigenvalue weighted by molar-refractivity contribution is 14.1. The van der Waals surface area contributed by atoms with E-state index < -0.39 is 21.9 Å². The molecule has 0 amide bonds. The monoisotopic (exact) mass is 366 g/mol. The first-order valence-electron chi connectivity index (χ1n) is 4.30. The fraction of sp³-hybridized carbons (Fsp3) is 0. The molecule has 1 aromatic carbocycles. The molecule has 6 nitrogen and oxygen atoms in total. The van der Waals surface area contributed by atoms with Crippen LogP contribution in [0.5, 0.6) is 5.75 Å². The predicted molar refractivity (Wildman–Crippen MR) is 70.6 cm³/mol. The van der Waals surface area contributed by atoms with Crippen molar-refractivity contribution in [3.63, 3.8) is 0 Å². The lowest BCUT2D eigenvalue weighted by Gasteiger charge is -2.03. The minimum atomic E-state index is -0.961. The second-order valence-electron chi connectivity index (χ2n) is 3.22. The highest BCUT2D eigenvalue weighted by Crippen LogP contribution is 2.33. The maximum atomic E-state index is 11.4. The van der Waals surface area contributed by atoms with E-state index in [0.29, 0.717) is 8.59 Å². The van der Waals surface area contributed by atoms with E-state index >= 15 is 0 Å². The van der Waals surface area contributed by atoms with Crippen molar-refractivity contribution in [3.05, 3.63) is 41.2 Å². The van der Waals surface area contributed by atoms with E-state index in [2.05, 4.69) is 4.98 Å². The third-order valence-corrected chi connectivity index (χ3v) is 3.71.